The van der Waals surface area contributed by atoms with Gasteiger partial charge in [0.05, 0.1) is 0 Å². The molecule has 0 atom stereocenters. The summed E-state index contributed by atoms with van der Waals surface area (Å²) in [7, 11) is 0. The normalized spacial score (nSPS) is 18.8. The molecule has 0 aliphatic heterocycles. The topological polar surface area (TPSA) is 49.3 Å². The second-order valence-electron chi connectivity index (χ2n) is 7.41. The average molecular weight is 269 g/mol. The molecule has 1 rings (SSSR count). The van der Waals surface area contributed by atoms with Crippen LogP contribution >= 0.6 is 0 Å². The smallest absolute Gasteiger partial charge is 0.226 e. The number of carbonyl (C=O) groups is 1. The first-order valence-corrected chi connectivity index (χ1v) is 7.70. The number of carbonyl (C=O) groups excluding carboxylic acids is 1. The predicted molar refractivity (Wildman–Crippen MR) is 78.8 cm³/mol. The quantitative estimate of drug-likeness (QED) is 0.746. The Balaban J connectivity index is 2.58. The van der Waals surface area contributed by atoms with E-state index in [1.807, 2.05) is 0 Å². The lowest BCUT2D eigenvalue weighted by Gasteiger charge is -2.32. The van der Waals surface area contributed by atoms with Crippen molar-refractivity contribution in [2.45, 2.75) is 66.2 Å². The molecule has 0 saturated heterocycles. The van der Waals surface area contributed by atoms with Crippen molar-refractivity contribution >= 4 is 5.91 Å². The molecule has 0 heterocycles. The lowest BCUT2D eigenvalue weighted by molar-refractivity contribution is -0.132. The molecule has 1 aliphatic carbocycles. The molecule has 1 aliphatic rings. The Kier molecular flexibility index (Phi) is 5.84. The van der Waals surface area contributed by atoms with Gasteiger partial charge in [-0.1, -0.05) is 40.5 Å². The van der Waals surface area contributed by atoms with Gasteiger partial charge in [-0.15, -0.1) is 0 Å². The Labute approximate surface area is 118 Å². The minimum Gasteiger partial charge on any atom is -0.396 e. The molecular weight excluding hydrogens is 238 g/mol. The van der Waals surface area contributed by atoms with E-state index in [9.17, 15) is 4.79 Å². The zero-order valence-corrected chi connectivity index (χ0v) is 13.1. The van der Waals surface area contributed by atoms with Gasteiger partial charge in [0.25, 0.3) is 0 Å². The fraction of sp³-hybridized carbons (Fsp3) is 0.938. The van der Waals surface area contributed by atoms with Crippen molar-refractivity contribution < 1.29 is 9.90 Å². The highest BCUT2D eigenvalue weighted by atomic mass is 16.3. The van der Waals surface area contributed by atoms with E-state index in [2.05, 4.69) is 33.0 Å². The highest BCUT2D eigenvalue weighted by molar-refractivity contribution is 5.83. The van der Waals surface area contributed by atoms with Crippen molar-refractivity contribution in [2.24, 2.45) is 16.7 Å². The van der Waals surface area contributed by atoms with Crippen LogP contribution in [0.4, 0.5) is 0 Å². The largest absolute Gasteiger partial charge is 0.396 e. The minimum absolute atomic E-state index is 0.0258. The molecule has 19 heavy (non-hydrogen) atoms. The molecule has 0 spiro atoms. The third kappa shape index (κ3) is 4.79. The third-order valence-electron chi connectivity index (χ3n) is 4.36. The molecule has 0 aromatic carbocycles. The lowest BCUT2D eigenvalue weighted by Crippen LogP contribution is -2.44. The Morgan fingerprint density at radius 3 is 2.37 bits per heavy atom. The van der Waals surface area contributed by atoms with E-state index in [-0.39, 0.29) is 23.3 Å². The summed E-state index contributed by atoms with van der Waals surface area (Å²) in [5.41, 5.74) is -0.147. The summed E-state index contributed by atoms with van der Waals surface area (Å²) in [5.74, 6) is 0.805. The van der Waals surface area contributed by atoms with E-state index in [1.165, 1.54) is 12.8 Å². The van der Waals surface area contributed by atoms with Crippen LogP contribution in [-0.2, 0) is 4.79 Å². The van der Waals surface area contributed by atoms with E-state index in [4.69, 9.17) is 5.11 Å². The van der Waals surface area contributed by atoms with Crippen molar-refractivity contribution in [2.75, 3.05) is 13.2 Å². The molecule has 0 radical (unpaired) electrons. The molecule has 2 N–H and O–H groups in total. The first-order chi connectivity index (χ1) is 8.81. The van der Waals surface area contributed by atoms with Crippen LogP contribution < -0.4 is 5.32 Å². The number of hydrogen-bond donors (Lipinski definition) is 2. The van der Waals surface area contributed by atoms with Gasteiger partial charge in [0.15, 0.2) is 0 Å². The molecule has 0 bridgehead atoms. The highest BCUT2D eigenvalue weighted by Gasteiger charge is 2.41. The monoisotopic (exact) mass is 269 g/mol. The second-order valence-corrected chi connectivity index (χ2v) is 7.41. The summed E-state index contributed by atoms with van der Waals surface area (Å²) in [4.78, 5) is 12.6. The summed E-state index contributed by atoms with van der Waals surface area (Å²) >= 11 is 0. The van der Waals surface area contributed by atoms with Gasteiger partial charge in [-0.3, -0.25) is 4.79 Å². The average Bonchev–Trinajstić information content (AvgIpc) is 2.74. The maximum absolute atomic E-state index is 12.6. The number of rotatable bonds is 7. The van der Waals surface area contributed by atoms with Crippen molar-refractivity contribution in [1.29, 1.82) is 0 Å². The van der Waals surface area contributed by atoms with Crippen molar-refractivity contribution in [3.8, 4) is 0 Å². The molecule has 112 valence electrons. The number of nitrogens with one attached hydrogen (secondary N) is 1. The Morgan fingerprint density at radius 2 is 1.89 bits per heavy atom. The SMILES string of the molecule is CC(C)CC1(C(=O)NCC(C)(C)CCO)CCCC1. The predicted octanol–water partition coefficient (Wildman–Crippen LogP) is 3.12. The Morgan fingerprint density at radius 1 is 1.32 bits per heavy atom. The van der Waals surface area contributed by atoms with Crippen LogP contribution in [0.15, 0.2) is 0 Å². The van der Waals surface area contributed by atoms with E-state index < -0.39 is 0 Å². The zero-order chi connectivity index (χ0) is 14.5. The molecule has 0 unspecified atom stereocenters. The standard InChI is InChI=1S/C16H31NO2/c1-13(2)11-16(7-5-6-8-16)14(19)17-12-15(3,4)9-10-18/h13,18H,5-12H2,1-4H3,(H,17,19). The zero-order valence-electron chi connectivity index (χ0n) is 13.1. The minimum atomic E-state index is -0.122. The first kappa shape index (κ1) is 16.5. The number of aliphatic hydroxyl groups excluding tert-OH is 1. The summed E-state index contributed by atoms with van der Waals surface area (Å²) < 4.78 is 0. The fourth-order valence-corrected chi connectivity index (χ4v) is 3.26. The van der Waals surface area contributed by atoms with Crippen molar-refractivity contribution in [1.82, 2.24) is 5.32 Å². The highest BCUT2D eigenvalue weighted by Crippen LogP contribution is 2.43. The Bertz CT molecular complexity index is 291. The summed E-state index contributed by atoms with van der Waals surface area (Å²) in [6.45, 7) is 9.42. The van der Waals surface area contributed by atoms with Gasteiger partial charge in [-0.25, -0.2) is 0 Å². The molecule has 0 aromatic heterocycles. The van der Waals surface area contributed by atoms with Gasteiger partial charge < -0.3 is 10.4 Å². The van der Waals surface area contributed by atoms with Crippen LogP contribution in [0.5, 0.6) is 0 Å². The Hall–Kier alpha value is -0.570. The maximum atomic E-state index is 12.6. The van der Waals surface area contributed by atoms with E-state index in [0.717, 1.165) is 25.7 Å². The van der Waals surface area contributed by atoms with Crippen LogP contribution in [0.25, 0.3) is 0 Å². The van der Waals surface area contributed by atoms with Crippen LogP contribution in [0.1, 0.15) is 66.2 Å². The fourth-order valence-electron chi connectivity index (χ4n) is 3.26. The first-order valence-electron chi connectivity index (χ1n) is 7.70. The van der Waals surface area contributed by atoms with Gasteiger partial charge in [0, 0.05) is 18.6 Å². The molecule has 1 fully saturated rings. The molecule has 3 nitrogen and oxygen atoms in total. The van der Waals surface area contributed by atoms with E-state index in [0.29, 0.717) is 12.5 Å². The van der Waals surface area contributed by atoms with Crippen molar-refractivity contribution in [3.05, 3.63) is 0 Å². The summed E-state index contributed by atoms with van der Waals surface area (Å²) in [6, 6.07) is 0. The molecule has 0 aromatic rings. The van der Waals surface area contributed by atoms with Crippen LogP contribution in [0.2, 0.25) is 0 Å². The number of aliphatic hydroxyl groups is 1. The maximum Gasteiger partial charge on any atom is 0.226 e. The molecule has 1 amide bonds. The van der Waals surface area contributed by atoms with Gasteiger partial charge in [-0.05, 0) is 37.0 Å². The van der Waals surface area contributed by atoms with Gasteiger partial charge >= 0.3 is 0 Å². The third-order valence-corrected chi connectivity index (χ3v) is 4.36. The summed E-state index contributed by atoms with van der Waals surface area (Å²) in [6.07, 6.45) is 6.17. The lowest BCUT2D eigenvalue weighted by atomic mass is 9.77. The summed E-state index contributed by atoms with van der Waals surface area (Å²) in [5, 5.41) is 12.2. The van der Waals surface area contributed by atoms with Crippen LogP contribution in [0, 0.1) is 16.7 Å². The van der Waals surface area contributed by atoms with Gasteiger partial charge in [0.2, 0.25) is 5.91 Å². The molecule has 3 heteroatoms. The van der Waals surface area contributed by atoms with E-state index >= 15 is 0 Å². The molecule has 1 saturated carbocycles. The second kappa shape index (κ2) is 6.74. The molecular formula is C16H31NO2. The van der Waals surface area contributed by atoms with Gasteiger partial charge in [-0.2, -0.15) is 0 Å². The van der Waals surface area contributed by atoms with Crippen molar-refractivity contribution in [3.63, 3.8) is 0 Å². The van der Waals surface area contributed by atoms with E-state index in [1.54, 1.807) is 0 Å². The van der Waals surface area contributed by atoms with Crippen LogP contribution in [-0.4, -0.2) is 24.2 Å². The van der Waals surface area contributed by atoms with Gasteiger partial charge in [0.1, 0.15) is 0 Å². The number of hydrogen-bond acceptors (Lipinski definition) is 2. The van der Waals surface area contributed by atoms with Crippen LogP contribution in [0.3, 0.4) is 0 Å². The number of amides is 1.